The van der Waals surface area contributed by atoms with Gasteiger partial charge in [-0.3, -0.25) is 18.2 Å². The van der Waals surface area contributed by atoms with E-state index in [0.717, 1.165) is 87.8 Å². The van der Waals surface area contributed by atoms with Gasteiger partial charge in [-0.25, -0.2) is 0 Å². The van der Waals surface area contributed by atoms with Gasteiger partial charge < -0.3 is 23.7 Å². The quantitative estimate of drug-likeness (QED) is 0.0185. The first-order chi connectivity index (χ1) is 50.1. The molecule has 556 valence electrons. The molecule has 0 spiro atoms. The van der Waals surface area contributed by atoms with E-state index in [1.807, 2.05) is 48.5 Å². The van der Waals surface area contributed by atoms with E-state index in [2.05, 4.69) is 128 Å². The maximum Gasteiger partial charge on any atom is 0.294 e. The zero-order valence-electron chi connectivity index (χ0n) is 60.4. The average Bonchev–Trinajstić information content (AvgIpc) is 0.711. The highest BCUT2D eigenvalue weighted by atomic mass is 32.2. The van der Waals surface area contributed by atoms with Gasteiger partial charge in [0.15, 0.2) is 0 Å². The fraction of sp³-hybridized carbons (Fsp3) is 0.277. The highest BCUT2D eigenvalue weighted by molar-refractivity contribution is 7.86. The molecule has 0 aromatic heterocycles. The molecule has 0 fully saturated rings. The summed E-state index contributed by atoms with van der Waals surface area (Å²) >= 11 is 0. The monoisotopic (exact) mass is 1550 g/mol. The molecule has 1 heterocycles. The van der Waals surface area contributed by atoms with Crippen LogP contribution in [0.15, 0.2) is 238 Å². The molecule has 0 radical (unpaired) electrons. The molecule has 0 unspecified atom stereocenters. The minimum absolute atomic E-state index is 0.161. The third-order valence-corrected chi connectivity index (χ3v) is 27.0. The van der Waals surface area contributed by atoms with Gasteiger partial charge in [0.1, 0.15) is 34.5 Å². The summed E-state index contributed by atoms with van der Waals surface area (Å²) in [5.41, 5.74) is 6.72. The van der Waals surface area contributed by atoms with Crippen LogP contribution in [0.2, 0.25) is 0 Å². The van der Waals surface area contributed by atoms with Gasteiger partial charge in [0, 0.05) is 27.2 Å². The molecule has 0 aliphatic carbocycles. The second-order valence-corrected chi connectivity index (χ2v) is 39.0. The van der Waals surface area contributed by atoms with Gasteiger partial charge in [-0.15, -0.1) is 0 Å². The molecular weight excluding hydrogens is 1460 g/mol. The van der Waals surface area contributed by atoms with E-state index in [-0.39, 0.29) is 30.4 Å². The molecular formula is C83H88O17P2S4. The molecule has 0 saturated heterocycles. The minimum Gasteiger partial charge on any atom is -0.494 e. The van der Waals surface area contributed by atoms with Crippen LogP contribution < -0.4 is 55.5 Å². The Balaban J connectivity index is 0.961. The molecule has 1 aliphatic heterocycles. The Morgan fingerprint density at radius 3 is 0.745 bits per heavy atom. The van der Waals surface area contributed by atoms with Crippen LogP contribution in [-0.2, 0) is 82.4 Å². The van der Waals surface area contributed by atoms with E-state index < -0.39 is 61.7 Å². The Labute approximate surface area is 625 Å². The van der Waals surface area contributed by atoms with E-state index in [1.54, 1.807) is 48.5 Å². The highest BCUT2D eigenvalue weighted by Crippen LogP contribution is 2.54. The Bertz CT molecular complexity index is 4620. The summed E-state index contributed by atoms with van der Waals surface area (Å²) in [6.07, 6.45) is 5.09. The summed E-state index contributed by atoms with van der Waals surface area (Å²) < 4.78 is 165. The molecule has 0 atom stereocenters. The predicted molar refractivity (Wildman–Crippen MR) is 420 cm³/mol. The normalized spacial score (nSPS) is 13.2. The summed E-state index contributed by atoms with van der Waals surface area (Å²) in [5.74, 6) is 4.24. The van der Waals surface area contributed by atoms with Crippen LogP contribution in [0.25, 0.3) is 0 Å². The molecule has 23 heteroatoms. The lowest BCUT2D eigenvalue weighted by Crippen LogP contribution is -2.35. The van der Waals surface area contributed by atoms with Crippen molar-refractivity contribution < 1.29 is 75.6 Å². The lowest BCUT2D eigenvalue weighted by atomic mass is 9.72. The van der Waals surface area contributed by atoms with Gasteiger partial charge in [-0.2, -0.15) is 33.7 Å². The summed E-state index contributed by atoms with van der Waals surface area (Å²) in [4.78, 5) is -0.644. The van der Waals surface area contributed by atoms with Crippen LogP contribution in [0.1, 0.15) is 126 Å². The van der Waals surface area contributed by atoms with Gasteiger partial charge >= 0.3 is 0 Å². The maximum absolute atomic E-state index is 11.7. The summed E-state index contributed by atoms with van der Waals surface area (Å²) in [5, 5.41) is 6.18. The van der Waals surface area contributed by atoms with Crippen LogP contribution >= 0.6 is 15.8 Å². The fourth-order valence-corrected chi connectivity index (χ4v) is 19.3. The van der Waals surface area contributed by atoms with Crippen molar-refractivity contribution in [3.8, 4) is 34.5 Å². The standard InChI is InChI=1S/C83H88O17P2S4/c1-81(2,3)61-53-75-79(77(55-61)101(67-33-25-63(26-34-67)96-49-9-13-57-17-41-71(42-18-57)103(84,85)86)68-35-27-64(28-36-68)97-50-10-14-58-19-43-72(44-20-58)104(87,88)89)100-80-76(83(75,7)8)54-62(82(4,5)6)56-78(80)102(69-37-29-65(30-38-69)98-51-11-15-59-21-45-73(46-22-59)105(90,91)92)70-39-31-66(32-40-70)99-52-12-16-60-23-47-74(48-24-60)106(93,94)95/h17-48,53-56H,9-16,49-52H2,1-8H3,(H,84,85,86)(H,87,88,89)(H,90,91,92)(H,93,94,95). The number of rotatable bonds is 30. The Kier molecular flexibility index (Phi) is 24.3. The van der Waals surface area contributed by atoms with Crippen molar-refractivity contribution in [3.63, 3.8) is 0 Å². The predicted octanol–water partition coefficient (Wildman–Crippen LogP) is 15.3. The molecule has 17 nitrogen and oxygen atoms in total. The second-order valence-electron chi connectivity index (χ2n) is 28.9. The summed E-state index contributed by atoms with van der Waals surface area (Å²) in [6.45, 7) is 19.6. The van der Waals surface area contributed by atoms with Crippen molar-refractivity contribution in [2.24, 2.45) is 0 Å². The van der Waals surface area contributed by atoms with Crippen molar-refractivity contribution in [3.05, 3.63) is 263 Å². The van der Waals surface area contributed by atoms with Gasteiger partial charge in [-0.05, 0) is 242 Å². The molecule has 0 saturated carbocycles. The Hall–Kier alpha value is -8.30. The first kappa shape index (κ1) is 78.8. The van der Waals surface area contributed by atoms with Crippen LogP contribution in [0.4, 0.5) is 0 Å². The van der Waals surface area contributed by atoms with Crippen molar-refractivity contribution >= 4 is 88.1 Å². The van der Waals surface area contributed by atoms with Gasteiger partial charge in [-0.1, -0.05) is 165 Å². The van der Waals surface area contributed by atoms with Crippen molar-refractivity contribution in [1.29, 1.82) is 0 Å². The molecule has 106 heavy (non-hydrogen) atoms. The van der Waals surface area contributed by atoms with Crippen molar-refractivity contribution in [1.82, 2.24) is 0 Å². The summed E-state index contributed by atoms with van der Waals surface area (Å²) in [6, 6.07) is 67.0. The fourth-order valence-electron chi connectivity index (χ4n) is 12.6. The first-order valence-corrected chi connectivity index (χ1v) is 43.3. The number of benzene rings is 10. The largest absolute Gasteiger partial charge is 0.494 e. The van der Waals surface area contributed by atoms with Crippen molar-refractivity contribution in [2.45, 2.75) is 143 Å². The third kappa shape index (κ3) is 19.9. The van der Waals surface area contributed by atoms with Crippen LogP contribution in [0.5, 0.6) is 34.5 Å². The van der Waals surface area contributed by atoms with Gasteiger partial charge in [0.2, 0.25) is 0 Å². The van der Waals surface area contributed by atoms with Crippen LogP contribution in [-0.4, -0.2) is 78.3 Å². The zero-order valence-corrected chi connectivity index (χ0v) is 65.4. The van der Waals surface area contributed by atoms with Crippen LogP contribution in [0.3, 0.4) is 0 Å². The number of aryl methyl sites for hydroxylation is 4. The maximum atomic E-state index is 11.7. The molecule has 10 aromatic carbocycles. The van der Waals surface area contributed by atoms with Gasteiger partial charge in [0.25, 0.3) is 40.5 Å². The summed E-state index contributed by atoms with van der Waals surface area (Å²) in [7, 11) is -20.1. The molecule has 11 rings (SSSR count). The van der Waals surface area contributed by atoms with Gasteiger partial charge in [0.05, 0.1) is 46.0 Å². The molecule has 0 amide bonds. The lowest BCUT2D eigenvalue weighted by molar-refractivity contribution is 0.311. The van der Waals surface area contributed by atoms with E-state index >= 15 is 0 Å². The average molecular weight is 1550 g/mol. The van der Waals surface area contributed by atoms with E-state index in [9.17, 15) is 51.9 Å². The van der Waals surface area contributed by atoms with Crippen molar-refractivity contribution in [2.75, 3.05) is 26.4 Å². The Morgan fingerprint density at radius 2 is 0.547 bits per heavy atom. The highest BCUT2D eigenvalue weighted by Gasteiger charge is 2.42. The number of hydrogen-bond donors (Lipinski definition) is 4. The Morgan fingerprint density at radius 1 is 0.330 bits per heavy atom. The minimum atomic E-state index is -4.31. The molecule has 4 N–H and O–H groups in total. The first-order valence-electron chi connectivity index (χ1n) is 34.9. The van der Waals surface area contributed by atoms with E-state index in [0.29, 0.717) is 101 Å². The van der Waals surface area contributed by atoms with E-state index in [4.69, 9.17) is 23.7 Å². The number of ether oxygens (including phenoxy) is 5. The second kappa shape index (κ2) is 32.6. The molecule has 0 bridgehead atoms. The van der Waals surface area contributed by atoms with E-state index in [1.165, 1.54) is 48.5 Å². The molecule has 1 aliphatic rings. The lowest BCUT2D eigenvalue weighted by Gasteiger charge is -2.41. The smallest absolute Gasteiger partial charge is 0.294 e. The topological polar surface area (TPSA) is 264 Å². The third-order valence-electron chi connectivity index (χ3n) is 18.7. The number of fused-ring (bicyclic) bond motifs is 2. The zero-order chi connectivity index (χ0) is 76.0. The number of hydrogen-bond acceptors (Lipinski definition) is 13. The van der Waals surface area contributed by atoms with Crippen LogP contribution in [0, 0.1) is 0 Å². The SMILES string of the molecule is CC(C)(C)c1cc(P(c2ccc(OCCCc3ccc(S(=O)(=O)O)cc3)cc2)c2ccc(OCCCc3ccc(S(=O)(=O)O)cc3)cc2)c2c(c1)C(C)(C)c1cc(C(C)(C)C)cc(P(c3ccc(OCCCc4ccc(S(=O)(=O)O)cc4)cc3)c3ccc(OCCCc4ccc(S(=O)(=O)O)cc4)cc3)c1O2. The molecule has 10 aromatic rings.